The number of para-hydroxylation sites is 1. The maximum atomic E-state index is 6.80. The Labute approximate surface area is 242 Å². The van der Waals surface area contributed by atoms with Crippen LogP contribution in [-0.4, -0.2) is 0 Å². The van der Waals surface area contributed by atoms with Gasteiger partial charge in [-0.15, -0.1) is 0 Å². The molecule has 0 atom stereocenters. The van der Waals surface area contributed by atoms with Crippen molar-refractivity contribution < 1.29 is 8.83 Å². The van der Waals surface area contributed by atoms with E-state index < -0.39 is 0 Å². The van der Waals surface area contributed by atoms with Crippen molar-refractivity contribution >= 4 is 54.5 Å². The van der Waals surface area contributed by atoms with Crippen LogP contribution in [0.4, 0.5) is 0 Å². The van der Waals surface area contributed by atoms with Crippen LogP contribution in [0.5, 0.6) is 0 Å². The van der Waals surface area contributed by atoms with Gasteiger partial charge in [0.15, 0.2) is 0 Å². The summed E-state index contributed by atoms with van der Waals surface area (Å²) in [5.41, 5.74) is 8.31. The molecule has 0 unspecified atom stereocenters. The summed E-state index contributed by atoms with van der Waals surface area (Å²) in [6.07, 6.45) is 0. The van der Waals surface area contributed by atoms with Gasteiger partial charge in [-0.25, -0.2) is 0 Å². The zero-order valence-electron chi connectivity index (χ0n) is 22.7. The van der Waals surface area contributed by atoms with Crippen molar-refractivity contribution in [2.75, 3.05) is 0 Å². The van der Waals surface area contributed by atoms with Gasteiger partial charge in [0.25, 0.3) is 0 Å². The molecule has 0 N–H and O–H groups in total. The molecule has 0 amide bonds. The first-order valence-corrected chi connectivity index (χ1v) is 14.3. The Balaban J connectivity index is 1.48. The van der Waals surface area contributed by atoms with Gasteiger partial charge in [0.05, 0.1) is 5.39 Å². The molecular weight excluding hydrogens is 512 g/mol. The van der Waals surface area contributed by atoms with Gasteiger partial charge < -0.3 is 8.83 Å². The van der Waals surface area contributed by atoms with Crippen LogP contribution in [0.3, 0.4) is 0 Å². The molecule has 2 nitrogen and oxygen atoms in total. The van der Waals surface area contributed by atoms with Gasteiger partial charge in [0.1, 0.15) is 22.5 Å². The number of benzene rings is 7. The van der Waals surface area contributed by atoms with E-state index in [0.717, 1.165) is 49.8 Å². The summed E-state index contributed by atoms with van der Waals surface area (Å²) in [6, 6.07) is 51.2. The Bertz CT molecular complexity index is 2390. The fourth-order valence-corrected chi connectivity index (χ4v) is 6.64. The van der Waals surface area contributed by atoms with Crippen molar-refractivity contribution in [3.63, 3.8) is 0 Å². The Hall–Kier alpha value is -5.60. The van der Waals surface area contributed by atoms with E-state index in [2.05, 4.69) is 115 Å². The van der Waals surface area contributed by atoms with E-state index in [1.807, 2.05) is 30.3 Å². The molecule has 0 aliphatic carbocycles. The highest BCUT2D eigenvalue weighted by molar-refractivity contribution is 6.26. The molecule has 2 heteroatoms. The molecular formula is C40H24O2. The third-order valence-electron chi connectivity index (χ3n) is 8.47. The van der Waals surface area contributed by atoms with E-state index >= 15 is 0 Å². The molecule has 0 spiro atoms. The summed E-state index contributed by atoms with van der Waals surface area (Å²) in [5.74, 6) is 0.828. The lowest BCUT2D eigenvalue weighted by molar-refractivity contribution is 0.632. The van der Waals surface area contributed by atoms with Gasteiger partial charge in [-0.05, 0) is 50.9 Å². The number of furan rings is 2. The van der Waals surface area contributed by atoms with Crippen LogP contribution >= 0.6 is 0 Å². The van der Waals surface area contributed by atoms with Crippen LogP contribution < -0.4 is 0 Å². The fraction of sp³-hybridized carbons (Fsp3) is 0. The molecule has 9 rings (SSSR count). The van der Waals surface area contributed by atoms with Crippen LogP contribution in [0.1, 0.15) is 0 Å². The largest absolute Gasteiger partial charge is 0.455 e. The van der Waals surface area contributed by atoms with Crippen molar-refractivity contribution in [1.29, 1.82) is 0 Å². The first kappa shape index (κ1) is 23.1. The second-order valence-corrected chi connectivity index (χ2v) is 10.8. The molecule has 2 aromatic heterocycles. The highest BCUT2D eigenvalue weighted by Gasteiger charge is 2.23. The van der Waals surface area contributed by atoms with Crippen molar-refractivity contribution in [1.82, 2.24) is 0 Å². The van der Waals surface area contributed by atoms with Crippen molar-refractivity contribution in [3.05, 3.63) is 146 Å². The summed E-state index contributed by atoms with van der Waals surface area (Å²) in [5, 5.41) is 8.01. The molecule has 0 fully saturated rings. The SMILES string of the molecule is c1ccc(-c2cc3c(o2)c(-c2c4ccccc4c(-c4ccccc4)c4ccccc24)cc2c4ccccc4oc32)cc1. The second kappa shape index (κ2) is 8.95. The summed E-state index contributed by atoms with van der Waals surface area (Å²) in [7, 11) is 0. The van der Waals surface area contributed by atoms with Gasteiger partial charge in [-0.1, -0.05) is 127 Å². The zero-order valence-corrected chi connectivity index (χ0v) is 22.7. The third kappa shape index (κ3) is 3.33. The Morgan fingerprint density at radius 1 is 0.333 bits per heavy atom. The van der Waals surface area contributed by atoms with Crippen molar-refractivity contribution in [3.8, 4) is 33.6 Å². The minimum absolute atomic E-state index is 0.828. The van der Waals surface area contributed by atoms with Crippen LogP contribution in [0, 0.1) is 0 Å². The highest BCUT2D eigenvalue weighted by Crippen LogP contribution is 2.48. The van der Waals surface area contributed by atoms with Gasteiger partial charge in [0, 0.05) is 27.5 Å². The van der Waals surface area contributed by atoms with E-state index in [4.69, 9.17) is 8.83 Å². The topological polar surface area (TPSA) is 26.3 Å². The maximum absolute atomic E-state index is 6.80. The van der Waals surface area contributed by atoms with E-state index in [1.54, 1.807) is 0 Å². The third-order valence-corrected chi connectivity index (χ3v) is 8.47. The molecule has 0 aliphatic rings. The lowest BCUT2D eigenvalue weighted by Crippen LogP contribution is -1.91. The van der Waals surface area contributed by atoms with Crippen molar-refractivity contribution in [2.45, 2.75) is 0 Å². The average Bonchev–Trinajstić information content (AvgIpc) is 3.67. The fourth-order valence-electron chi connectivity index (χ4n) is 6.64. The monoisotopic (exact) mass is 536 g/mol. The van der Waals surface area contributed by atoms with Gasteiger partial charge in [-0.3, -0.25) is 0 Å². The first-order valence-electron chi connectivity index (χ1n) is 14.3. The summed E-state index contributed by atoms with van der Waals surface area (Å²) >= 11 is 0. The van der Waals surface area contributed by atoms with E-state index in [1.165, 1.54) is 38.2 Å². The molecule has 0 bridgehead atoms. The summed E-state index contributed by atoms with van der Waals surface area (Å²) in [6.45, 7) is 0. The van der Waals surface area contributed by atoms with Crippen LogP contribution in [0.25, 0.3) is 88.0 Å². The summed E-state index contributed by atoms with van der Waals surface area (Å²) in [4.78, 5) is 0. The normalized spacial score (nSPS) is 11.8. The molecule has 2 heterocycles. The van der Waals surface area contributed by atoms with Crippen LogP contribution in [-0.2, 0) is 0 Å². The molecule has 42 heavy (non-hydrogen) atoms. The summed E-state index contributed by atoms with van der Waals surface area (Å²) < 4.78 is 13.3. The number of rotatable bonds is 3. The maximum Gasteiger partial charge on any atom is 0.146 e. The second-order valence-electron chi connectivity index (χ2n) is 10.8. The van der Waals surface area contributed by atoms with Gasteiger partial charge in [0.2, 0.25) is 0 Å². The molecule has 0 aliphatic heterocycles. The smallest absolute Gasteiger partial charge is 0.146 e. The van der Waals surface area contributed by atoms with Crippen LogP contribution in [0.2, 0.25) is 0 Å². The Morgan fingerprint density at radius 3 is 1.50 bits per heavy atom. The highest BCUT2D eigenvalue weighted by atomic mass is 16.3. The minimum atomic E-state index is 0.828. The van der Waals surface area contributed by atoms with Crippen molar-refractivity contribution in [2.24, 2.45) is 0 Å². The Morgan fingerprint density at radius 2 is 0.857 bits per heavy atom. The van der Waals surface area contributed by atoms with E-state index in [9.17, 15) is 0 Å². The molecule has 0 radical (unpaired) electrons. The average molecular weight is 537 g/mol. The number of fused-ring (bicyclic) bond motifs is 7. The van der Waals surface area contributed by atoms with Crippen LogP contribution in [0.15, 0.2) is 154 Å². The Kier molecular flexibility index (Phi) is 4.93. The molecule has 0 saturated carbocycles. The zero-order chi connectivity index (χ0) is 27.6. The van der Waals surface area contributed by atoms with Gasteiger partial charge in [-0.2, -0.15) is 0 Å². The quantitative estimate of drug-likeness (QED) is 0.210. The lowest BCUT2D eigenvalue weighted by Gasteiger charge is -2.18. The molecule has 196 valence electrons. The predicted octanol–water partition coefficient (Wildman–Crippen LogP) is 11.6. The number of hydrogen-bond donors (Lipinski definition) is 0. The lowest BCUT2D eigenvalue weighted by atomic mass is 9.85. The minimum Gasteiger partial charge on any atom is -0.455 e. The molecule has 9 aromatic rings. The predicted molar refractivity (Wildman–Crippen MR) is 175 cm³/mol. The molecule has 7 aromatic carbocycles. The molecule has 0 saturated heterocycles. The van der Waals surface area contributed by atoms with Gasteiger partial charge >= 0.3 is 0 Å². The first-order chi connectivity index (χ1) is 20.8. The van der Waals surface area contributed by atoms with E-state index in [-0.39, 0.29) is 0 Å². The van der Waals surface area contributed by atoms with E-state index in [0.29, 0.717) is 0 Å². The standard InChI is InChI=1S/C40H24O2/c1-3-13-25(14-4-1)36-24-34-39-32(27-17-11-12-22-35(27)41-39)23-33(40(34)42-36)38-30-20-9-7-18-28(30)37(26-15-5-2-6-16-26)29-19-8-10-21-31(29)38/h1-24H. The number of hydrogen-bond acceptors (Lipinski definition) is 2.